The van der Waals surface area contributed by atoms with Crippen LogP contribution in [0, 0.1) is 35.5 Å². The van der Waals surface area contributed by atoms with Crippen LogP contribution in [0.5, 0.6) is 0 Å². The molecule has 2 aromatic rings. The van der Waals surface area contributed by atoms with Crippen molar-refractivity contribution in [3.05, 3.63) is 59.7 Å². The van der Waals surface area contributed by atoms with E-state index >= 15 is 0 Å². The predicted molar refractivity (Wildman–Crippen MR) is 157 cm³/mol. The molecule has 0 aliphatic carbocycles. The van der Waals surface area contributed by atoms with E-state index in [0.29, 0.717) is 5.71 Å². The van der Waals surface area contributed by atoms with Gasteiger partial charge in [-0.2, -0.15) is 0 Å². The summed E-state index contributed by atoms with van der Waals surface area (Å²) in [6.45, 7) is 6.01. The fourth-order valence-corrected chi connectivity index (χ4v) is 3.82. The molecule has 0 unspecified atom stereocenters. The van der Waals surface area contributed by atoms with Crippen molar-refractivity contribution in [2.24, 2.45) is 9.98 Å². The summed E-state index contributed by atoms with van der Waals surface area (Å²) in [5, 5.41) is 0. The Kier molecular flexibility index (Phi) is 18.2. The van der Waals surface area contributed by atoms with Crippen molar-refractivity contribution in [3.63, 3.8) is 0 Å². The first-order chi connectivity index (χ1) is 17.8. The molecule has 2 rings (SSSR count). The molecule has 2 aromatic carbocycles. The maximum atomic E-state index is 4.94. The zero-order chi connectivity index (χ0) is 25.7. The zero-order valence-electron chi connectivity index (χ0n) is 22.7. The van der Waals surface area contributed by atoms with E-state index in [4.69, 9.17) is 9.98 Å². The first kappa shape index (κ1) is 32.0. The number of para-hydroxylation sites is 2. The van der Waals surface area contributed by atoms with E-state index in [1.165, 1.54) is 43.2 Å². The van der Waals surface area contributed by atoms with Crippen molar-refractivity contribution in [2.45, 2.75) is 91.4 Å². The van der Waals surface area contributed by atoms with Crippen LogP contribution in [0.4, 0.5) is 11.4 Å². The molecule has 0 saturated heterocycles. The summed E-state index contributed by atoms with van der Waals surface area (Å²) >= 11 is 0. The summed E-state index contributed by atoms with van der Waals surface area (Å²) in [4.78, 5) is 9.75. The summed E-state index contributed by atoms with van der Waals surface area (Å²) in [7, 11) is 0. The summed E-state index contributed by atoms with van der Waals surface area (Å²) in [6, 6.07) is 16.5. The molecule has 0 bridgehead atoms. The van der Waals surface area contributed by atoms with Gasteiger partial charge in [-0.05, 0) is 62.3 Å². The van der Waals surface area contributed by atoms with Crippen LogP contribution in [-0.2, 0) is 29.3 Å². The Bertz CT molecular complexity index is 1170. The Morgan fingerprint density at radius 3 is 1.92 bits per heavy atom. The number of benzene rings is 2. The number of nitrogens with zero attached hydrogens (tertiary/aromatic N) is 2. The molecule has 0 fully saturated rings. The van der Waals surface area contributed by atoms with Crippen LogP contribution in [0.2, 0.25) is 0 Å². The van der Waals surface area contributed by atoms with E-state index in [2.05, 4.69) is 72.8 Å². The minimum Gasteiger partial charge on any atom is -0.254 e. The van der Waals surface area contributed by atoms with Gasteiger partial charge in [0.25, 0.3) is 0 Å². The predicted octanol–water partition coefficient (Wildman–Crippen LogP) is 8.82. The van der Waals surface area contributed by atoms with Gasteiger partial charge in [0.1, 0.15) is 5.71 Å². The third-order valence-electron chi connectivity index (χ3n) is 5.81. The molecule has 0 radical (unpaired) electrons. The van der Waals surface area contributed by atoms with Crippen LogP contribution in [-0.4, -0.2) is 11.9 Å². The van der Waals surface area contributed by atoms with Crippen molar-refractivity contribution in [2.75, 3.05) is 0 Å². The monoisotopic (exact) mass is 534 g/mol. The molecule has 0 N–H and O–H groups in total. The van der Waals surface area contributed by atoms with E-state index in [0.717, 1.165) is 49.9 Å². The quantitative estimate of drug-likeness (QED) is 0.106. The van der Waals surface area contributed by atoms with E-state index in [1.807, 2.05) is 38.3 Å². The molecule has 3 heteroatoms. The molecular formula is C34H40N2Ni. The van der Waals surface area contributed by atoms with Gasteiger partial charge in [-0.1, -0.05) is 81.3 Å². The maximum Gasteiger partial charge on any atom is 0.132 e. The molecule has 0 atom stereocenters. The fraction of sp³-hybridized carbons (Fsp3) is 0.412. The summed E-state index contributed by atoms with van der Waals surface area (Å²) < 4.78 is 0. The van der Waals surface area contributed by atoms with Crippen LogP contribution in [0.15, 0.2) is 58.5 Å². The molecule has 0 saturated carbocycles. The molecule has 0 aliphatic rings. The second-order valence-electron chi connectivity index (χ2n) is 8.69. The molecule has 0 aliphatic heterocycles. The van der Waals surface area contributed by atoms with Crippen LogP contribution >= 0.6 is 0 Å². The Hall–Kier alpha value is -3.05. The van der Waals surface area contributed by atoms with Crippen LogP contribution in [0.25, 0.3) is 0 Å². The van der Waals surface area contributed by atoms with E-state index in [9.17, 15) is 0 Å². The van der Waals surface area contributed by atoms with Crippen molar-refractivity contribution in [1.29, 1.82) is 0 Å². The average Bonchev–Trinajstić information content (AvgIpc) is 2.90. The summed E-state index contributed by atoms with van der Waals surface area (Å²) in [5.74, 6) is 18.9. The van der Waals surface area contributed by atoms with Crippen LogP contribution < -0.4 is 0 Å². The zero-order valence-corrected chi connectivity index (χ0v) is 23.7. The number of aryl methyl sites for hydroxylation is 2. The van der Waals surface area contributed by atoms with E-state index in [-0.39, 0.29) is 16.5 Å². The normalized spacial score (nSPS) is 10.4. The average molecular weight is 535 g/mol. The number of rotatable bonds is 13. The van der Waals surface area contributed by atoms with E-state index < -0.39 is 0 Å². The summed E-state index contributed by atoms with van der Waals surface area (Å²) in [5.41, 5.74) is 4.96. The summed E-state index contributed by atoms with van der Waals surface area (Å²) in [6.07, 6.45) is 13.7. The molecule has 0 heterocycles. The van der Waals surface area contributed by atoms with Gasteiger partial charge in [-0.15, -0.1) is 23.7 Å². The minimum absolute atomic E-state index is 0. The molecule has 37 heavy (non-hydrogen) atoms. The molecule has 0 aromatic heterocycles. The van der Waals surface area contributed by atoms with Gasteiger partial charge < -0.3 is 0 Å². The Balaban J connectivity index is 0.00000684. The largest absolute Gasteiger partial charge is 0.254 e. The van der Waals surface area contributed by atoms with Crippen LogP contribution in [0.3, 0.4) is 0 Å². The van der Waals surface area contributed by atoms with Gasteiger partial charge in [0.2, 0.25) is 0 Å². The molecule has 2 nitrogen and oxygen atoms in total. The number of unbranched alkanes of at least 4 members (excludes halogenated alkanes) is 6. The second kappa shape index (κ2) is 21.1. The Morgan fingerprint density at radius 1 is 0.703 bits per heavy atom. The van der Waals surface area contributed by atoms with Gasteiger partial charge in [-0.3, -0.25) is 4.99 Å². The SMILES string of the molecule is CC#CCCc1ccccc1N=CC(C#CCCCCCCCC)=Nc1ccccc1CCC#CC.[Ni]. The Morgan fingerprint density at radius 2 is 1.27 bits per heavy atom. The fourth-order valence-electron chi connectivity index (χ4n) is 3.82. The molecule has 0 amide bonds. The van der Waals surface area contributed by atoms with Crippen molar-refractivity contribution in [1.82, 2.24) is 0 Å². The van der Waals surface area contributed by atoms with Crippen molar-refractivity contribution in [3.8, 4) is 35.5 Å². The first-order valence-corrected chi connectivity index (χ1v) is 13.3. The van der Waals surface area contributed by atoms with Crippen molar-refractivity contribution >= 4 is 23.3 Å². The third kappa shape index (κ3) is 13.7. The molecule has 0 spiro atoms. The van der Waals surface area contributed by atoms with Crippen LogP contribution in [0.1, 0.15) is 89.7 Å². The standard InChI is InChI=1S/C34H40N2.Ni/c1-4-7-10-11-12-13-14-17-26-32(36-34-28-21-19-25-31(34)23-16-9-6-3)29-35-33-27-20-18-24-30(33)22-15-8-5-2;/h18-21,24-25,27-29H,4,7,10-16,22-23H2,1-3H3;. The van der Waals surface area contributed by atoms with E-state index in [1.54, 1.807) is 0 Å². The smallest absolute Gasteiger partial charge is 0.132 e. The van der Waals surface area contributed by atoms with Gasteiger partial charge >= 0.3 is 0 Å². The number of aliphatic imine (C=N–C) groups is 2. The van der Waals surface area contributed by atoms with Gasteiger partial charge in [0.05, 0.1) is 17.6 Å². The minimum atomic E-state index is 0. The molecular weight excluding hydrogens is 495 g/mol. The van der Waals surface area contributed by atoms with Gasteiger partial charge in [0.15, 0.2) is 0 Å². The van der Waals surface area contributed by atoms with Gasteiger partial charge in [0, 0.05) is 35.8 Å². The topological polar surface area (TPSA) is 24.7 Å². The van der Waals surface area contributed by atoms with Crippen molar-refractivity contribution < 1.29 is 16.5 Å². The number of hydrogen-bond acceptors (Lipinski definition) is 2. The number of hydrogen-bond donors (Lipinski definition) is 0. The molecule has 196 valence electrons. The second-order valence-corrected chi connectivity index (χ2v) is 8.69. The van der Waals surface area contributed by atoms with Gasteiger partial charge in [-0.25, -0.2) is 4.99 Å². The maximum absolute atomic E-state index is 4.94. The third-order valence-corrected chi connectivity index (χ3v) is 5.81. The Labute approximate surface area is 235 Å². The first-order valence-electron chi connectivity index (χ1n) is 13.3.